The number of para-hydroxylation sites is 2. The molecule has 0 spiro atoms. The monoisotopic (exact) mass is 589 g/mol. The van der Waals surface area contributed by atoms with Crippen molar-refractivity contribution < 1.29 is 57.3 Å². The molecule has 0 aromatic heterocycles. The van der Waals surface area contributed by atoms with Crippen molar-refractivity contribution in [3.8, 4) is 5.75 Å². The molecule has 0 aliphatic carbocycles. The number of benzene rings is 1. The minimum atomic E-state index is -0.862. The van der Waals surface area contributed by atoms with E-state index in [0.717, 1.165) is 0 Å². The van der Waals surface area contributed by atoms with Gasteiger partial charge in [0.2, 0.25) is 0 Å². The molecule has 1 aromatic rings. The number of carboxylic acids is 1. The number of anilines is 1. The van der Waals surface area contributed by atoms with Crippen LogP contribution in [0.1, 0.15) is 25.7 Å². The van der Waals surface area contributed by atoms with Crippen molar-refractivity contribution in [2.75, 3.05) is 111 Å². The van der Waals surface area contributed by atoms with Gasteiger partial charge < -0.3 is 53.5 Å². The first-order chi connectivity index (χ1) is 20.1. The number of ether oxygens (including phenoxy) is 9. The summed E-state index contributed by atoms with van der Waals surface area (Å²) in [5, 5.41) is 8.53. The molecule has 0 radical (unpaired) electrons. The fraction of sp³-hybridized carbons (Fsp3) is 0.714. The second-order valence-electron chi connectivity index (χ2n) is 8.49. The van der Waals surface area contributed by atoms with E-state index in [0.29, 0.717) is 117 Å². The Labute approximate surface area is 242 Å². The number of aliphatic carboxylic acids is 1. The van der Waals surface area contributed by atoms with E-state index in [1.54, 1.807) is 6.07 Å². The number of nitrogen functional groups attached to an aromatic ring is 1. The van der Waals surface area contributed by atoms with Crippen molar-refractivity contribution in [2.24, 2.45) is 0 Å². The number of rotatable bonds is 30. The number of hydrogen-bond acceptors (Lipinski definition) is 12. The molecule has 0 fully saturated rings. The lowest BCUT2D eigenvalue weighted by Gasteiger charge is -2.09. The standard InChI is InChI=1S/C28H47NO12/c29-25-5-1-2-6-26(25)40-23-21-38-19-17-36-15-13-34-11-9-33-10-12-35-14-16-37-18-20-39-22-24-41-28(32)8-4-3-7-27(30)31/h1-2,5-6H,3-4,7-24,29H2,(H,30,31). The highest BCUT2D eigenvalue weighted by Crippen LogP contribution is 2.19. The maximum Gasteiger partial charge on any atom is 0.305 e. The number of unbranched alkanes of at least 4 members (excludes halogenated alkanes) is 1. The van der Waals surface area contributed by atoms with E-state index in [9.17, 15) is 9.59 Å². The van der Waals surface area contributed by atoms with Gasteiger partial charge in [-0.1, -0.05) is 12.1 Å². The van der Waals surface area contributed by atoms with Gasteiger partial charge in [-0.05, 0) is 25.0 Å². The lowest BCUT2D eigenvalue weighted by Crippen LogP contribution is -2.15. The van der Waals surface area contributed by atoms with Crippen LogP contribution < -0.4 is 10.5 Å². The number of carbonyl (C=O) groups is 2. The van der Waals surface area contributed by atoms with Crippen LogP contribution in [-0.2, 0) is 47.5 Å². The van der Waals surface area contributed by atoms with Crippen LogP contribution in [0.25, 0.3) is 0 Å². The molecule has 0 heterocycles. The molecule has 0 atom stereocenters. The van der Waals surface area contributed by atoms with Gasteiger partial charge in [0.05, 0.1) is 98.2 Å². The van der Waals surface area contributed by atoms with Gasteiger partial charge in [0.1, 0.15) is 19.0 Å². The maximum atomic E-state index is 11.5. The average Bonchev–Trinajstić information content (AvgIpc) is 2.96. The minimum absolute atomic E-state index is 0.0611. The molecule has 0 saturated heterocycles. The van der Waals surface area contributed by atoms with Crippen LogP contribution in [0.2, 0.25) is 0 Å². The van der Waals surface area contributed by atoms with E-state index >= 15 is 0 Å². The van der Waals surface area contributed by atoms with Gasteiger partial charge in [-0.3, -0.25) is 9.59 Å². The molecule has 13 nitrogen and oxygen atoms in total. The Kier molecular flexibility index (Phi) is 24.6. The van der Waals surface area contributed by atoms with E-state index < -0.39 is 5.97 Å². The molecule has 3 N–H and O–H groups in total. The van der Waals surface area contributed by atoms with Gasteiger partial charge in [-0.2, -0.15) is 0 Å². The Morgan fingerprint density at radius 3 is 1.39 bits per heavy atom. The Morgan fingerprint density at radius 1 is 0.561 bits per heavy atom. The normalized spacial score (nSPS) is 11.0. The fourth-order valence-electron chi connectivity index (χ4n) is 3.08. The highest BCUT2D eigenvalue weighted by atomic mass is 16.6. The highest BCUT2D eigenvalue weighted by Gasteiger charge is 2.04. The van der Waals surface area contributed by atoms with Crippen LogP contribution in [0.5, 0.6) is 5.75 Å². The van der Waals surface area contributed by atoms with Gasteiger partial charge in [-0.25, -0.2) is 0 Å². The van der Waals surface area contributed by atoms with Gasteiger partial charge in [0.15, 0.2) is 0 Å². The van der Waals surface area contributed by atoms with Crippen molar-refractivity contribution in [1.82, 2.24) is 0 Å². The summed E-state index contributed by atoms with van der Waals surface area (Å²) in [4.78, 5) is 21.8. The molecule has 41 heavy (non-hydrogen) atoms. The van der Waals surface area contributed by atoms with Crippen molar-refractivity contribution in [1.29, 1.82) is 0 Å². The van der Waals surface area contributed by atoms with Crippen molar-refractivity contribution in [3.63, 3.8) is 0 Å². The lowest BCUT2D eigenvalue weighted by atomic mass is 10.2. The molecular weight excluding hydrogens is 542 g/mol. The van der Waals surface area contributed by atoms with E-state index in [-0.39, 0.29) is 32.0 Å². The smallest absolute Gasteiger partial charge is 0.305 e. The zero-order chi connectivity index (χ0) is 29.6. The van der Waals surface area contributed by atoms with Crippen LogP contribution in [0.15, 0.2) is 24.3 Å². The first-order valence-corrected chi connectivity index (χ1v) is 14.0. The zero-order valence-corrected chi connectivity index (χ0v) is 24.0. The van der Waals surface area contributed by atoms with Gasteiger partial charge in [0.25, 0.3) is 0 Å². The van der Waals surface area contributed by atoms with Crippen molar-refractivity contribution in [2.45, 2.75) is 25.7 Å². The summed E-state index contributed by atoms with van der Waals surface area (Å²) in [7, 11) is 0. The fourth-order valence-corrected chi connectivity index (χ4v) is 3.08. The van der Waals surface area contributed by atoms with Crippen LogP contribution >= 0.6 is 0 Å². The summed E-state index contributed by atoms with van der Waals surface area (Å²) in [6, 6.07) is 7.34. The summed E-state index contributed by atoms with van der Waals surface area (Å²) < 4.78 is 48.5. The molecule has 13 heteroatoms. The van der Waals surface area contributed by atoms with Gasteiger partial charge >= 0.3 is 11.9 Å². The quantitative estimate of drug-likeness (QED) is 0.0761. The highest BCUT2D eigenvalue weighted by molar-refractivity contribution is 5.69. The Hall–Kier alpha value is -2.52. The Balaban J connectivity index is 1.68. The molecule has 0 bridgehead atoms. The van der Waals surface area contributed by atoms with Crippen LogP contribution in [0.4, 0.5) is 5.69 Å². The van der Waals surface area contributed by atoms with Crippen molar-refractivity contribution in [3.05, 3.63) is 24.3 Å². The zero-order valence-electron chi connectivity index (χ0n) is 24.0. The number of carbonyl (C=O) groups excluding carboxylic acids is 1. The summed E-state index contributed by atoms with van der Waals surface area (Å²) in [6.45, 7) is 6.87. The SMILES string of the molecule is Nc1ccccc1OCCOCCOCCOCCOCCOCCOCCOCCOC(=O)CCCCC(=O)O. The summed E-state index contributed by atoms with van der Waals surface area (Å²) in [6.07, 6.45) is 1.24. The molecule has 0 aliphatic rings. The first kappa shape index (κ1) is 36.5. The molecule has 236 valence electrons. The lowest BCUT2D eigenvalue weighted by molar-refractivity contribution is -0.146. The number of esters is 1. The second kappa shape index (κ2) is 27.6. The molecule has 0 unspecified atom stereocenters. The van der Waals surface area contributed by atoms with E-state index in [4.69, 9.17) is 53.5 Å². The van der Waals surface area contributed by atoms with Gasteiger partial charge in [0, 0.05) is 12.8 Å². The largest absolute Gasteiger partial charge is 0.489 e. The Bertz CT molecular complexity index is 767. The summed E-state index contributed by atoms with van der Waals surface area (Å²) in [5.74, 6) is -0.550. The number of hydrogen-bond donors (Lipinski definition) is 2. The van der Waals surface area contributed by atoms with Gasteiger partial charge in [-0.15, -0.1) is 0 Å². The predicted molar refractivity (Wildman–Crippen MR) is 149 cm³/mol. The number of carboxylic acid groups (broad SMARTS) is 1. The third kappa shape index (κ3) is 25.0. The van der Waals surface area contributed by atoms with E-state index in [2.05, 4.69) is 0 Å². The third-order valence-corrected chi connectivity index (χ3v) is 5.15. The maximum absolute atomic E-state index is 11.5. The number of nitrogens with two attached hydrogens (primary N) is 1. The van der Waals surface area contributed by atoms with Crippen LogP contribution in [0.3, 0.4) is 0 Å². The minimum Gasteiger partial charge on any atom is -0.489 e. The Morgan fingerprint density at radius 2 is 0.951 bits per heavy atom. The molecule has 0 saturated carbocycles. The third-order valence-electron chi connectivity index (χ3n) is 5.15. The second-order valence-corrected chi connectivity index (χ2v) is 8.49. The molecule has 1 aromatic carbocycles. The topological polar surface area (TPSA) is 163 Å². The van der Waals surface area contributed by atoms with Crippen LogP contribution in [0, 0.1) is 0 Å². The molecule has 0 amide bonds. The average molecular weight is 590 g/mol. The summed E-state index contributed by atoms with van der Waals surface area (Å²) in [5.41, 5.74) is 6.41. The molecule has 0 aliphatic heterocycles. The molecular formula is C28H47NO12. The molecule has 1 rings (SSSR count). The first-order valence-electron chi connectivity index (χ1n) is 14.0. The van der Waals surface area contributed by atoms with E-state index in [1.165, 1.54) is 0 Å². The van der Waals surface area contributed by atoms with E-state index in [1.807, 2.05) is 18.2 Å². The predicted octanol–water partition coefficient (Wildman–Crippen LogP) is 1.95. The van der Waals surface area contributed by atoms with Crippen LogP contribution in [-0.4, -0.2) is 123 Å². The van der Waals surface area contributed by atoms with Crippen molar-refractivity contribution >= 4 is 17.6 Å². The summed E-state index contributed by atoms with van der Waals surface area (Å²) >= 11 is 0.